The molecule has 0 aromatic heterocycles. The lowest BCUT2D eigenvalue weighted by Gasteiger charge is -2.33. The van der Waals surface area contributed by atoms with E-state index in [0.717, 1.165) is 27.3 Å². The molecule has 1 atom stereocenters. The summed E-state index contributed by atoms with van der Waals surface area (Å²) >= 11 is 6.18. The van der Waals surface area contributed by atoms with Crippen LogP contribution >= 0.6 is 11.6 Å². The topological polar surface area (TPSA) is 86.8 Å². The van der Waals surface area contributed by atoms with E-state index in [0.29, 0.717) is 10.7 Å². The van der Waals surface area contributed by atoms with E-state index < -0.39 is 28.5 Å². The lowest BCUT2D eigenvalue weighted by atomic mass is 10.0. The van der Waals surface area contributed by atoms with Gasteiger partial charge in [0.1, 0.15) is 12.6 Å². The number of halogens is 1. The number of likely N-dealkylation sites (N-methyl/N-ethyl adjacent to an activating group) is 1. The normalized spacial score (nSPS) is 12.0. The summed E-state index contributed by atoms with van der Waals surface area (Å²) in [4.78, 5) is 28.3. The number of hydrogen-bond donors (Lipinski definition) is 1. The zero-order chi connectivity index (χ0) is 26.3. The van der Waals surface area contributed by atoms with Crippen molar-refractivity contribution in [3.8, 4) is 0 Å². The highest BCUT2D eigenvalue weighted by Gasteiger charge is 2.32. The molecule has 2 amide bonds. The quantitative estimate of drug-likeness (QED) is 0.434. The Morgan fingerprint density at radius 2 is 1.61 bits per heavy atom. The predicted molar refractivity (Wildman–Crippen MR) is 143 cm³/mol. The third kappa shape index (κ3) is 7.32. The Kier molecular flexibility index (Phi) is 9.12. The summed E-state index contributed by atoms with van der Waals surface area (Å²) in [5.41, 5.74) is 2.83. The summed E-state index contributed by atoms with van der Waals surface area (Å²) in [6, 6.07) is 22.4. The monoisotopic (exact) mass is 527 g/mol. The van der Waals surface area contributed by atoms with Crippen LogP contribution in [0.5, 0.6) is 0 Å². The van der Waals surface area contributed by atoms with Crippen LogP contribution in [-0.4, -0.2) is 51.0 Å². The van der Waals surface area contributed by atoms with Gasteiger partial charge in [0.2, 0.25) is 21.8 Å². The zero-order valence-electron chi connectivity index (χ0n) is 20.5. The maximum Gasteiger partial charge on any atom is 0.244 e. The van der Waals surface area contributed by atoms with Crippen LogP contribution in [0.1, 0.15) is 16.7 Å². The molecule has 0 saturated heterocycles. The van der Waals surface area contributed by atoms with E-state index >= 15 is 0 Å². The molecular weight excluding hydrogens is 498 g/mol. The molecule has 0 aliphatic carbocycles. The largest absolute Gasteiger partial charge is 0.357 e. The first-order valence-electron chi connectivity index (χ1n) is 11.4. The van der Waals surface area contributed by atoms with E-state index in [9.17, 15) is 18.0 Å². The van der Waals surface area contributed by atoms with E-state index in [-0.39, 0.29) is 18.9 Å². The summed E-state index contributed by atoms with van der Waals surface area (Å²) in [6.45, 7) is 1.47. The van der Waals surface area contributed by atoms with Gasteiger partial charge in [-0.3, -0.25) is 13.9 Å². The van der Waals surface area contributed by atoms with Gasteiger partial charge in [-0.05, 0) is 47.9 Å². The number of sulfonamides is 1. The number of aryl methyl sites for hydroxylation is 1. The van der Waals surface area contributed by atoms with Crippen LogP contribution in [0.4, 0.5) is 5.69 Å². The fourth-order valence-electron chi connectivity index (χ4n) is 3.95. The van der Waals surface area contributed by atoms with Gasteiger partial charge in [0, 0.05) is 25.0 Å². The van der Waals surface area contributed by atoms with Gasteiger partial charge < -0.3 is 10.2 Å². The Morgan fingerprint density at radius 3 is 2.22 bits per heavy atom. The first-order valence-corrected chi connectivity index (χ1v) is 13.6. The van der Waals surface area contributed by atoms with Gasteiger partial charge in [-0.25, -0.2) is 8.42 Å². The smallest absolute Gasteiger partial charge is 0.244 e. The van der Waals surface area contributed by atoms with Crippen LogP contribution in [0, 0.1) is 6.92 Å². The van der Waals surface area contributed by atoms with Gasteiger partial charge in [0.15, 0.2) is 0 Å². The van der Waals surface area contributed by atoms with E-state index in [1.165, 1.54) is 11.9 Å². The molecule has 0 unspecified atom stereocenters. The van der Waals surface area contributed by atoms with Gasteiger partial charge in [-0.1, -0.05) is 66.2 Å². The number of amides is 2. The highest BCUT2D eigenvalue weighted by atomic mass is 35.5. The molecule has 0 heterocycles. The van der Waals surface area contributed by atoms with Crippen LogP contribution in [0.25, 0.3) is 0 Å². The van der Waals surface area contributed by atoms with Crippen molar-refractivity contribution in [2.45, 2.75) is 25.9 Å². The Balaban J connectivity index is 2.03. The van der Waals surface area contributed by atoms with Crippen molar-refractivity contribution in [3.63, 3.8) is 0 Å². The number of carbonyl (C=O) groups excluding carboxylic acids is 2. The molecule has 3 aromatic rings. The van der Waals surface area contributed by atoms with Gasteiger partial charge in [-0.2, -0.15) is 0 Å². The molecular formula is C27H30ClN3O4S. The van der Waals surface area contributed by atoms with Crippen LogP contribution in [0.15, 0.2) is 78.9 Å². The standard InChI is InChI=1S/C27H30ClN3O4S/c1-20-9-7-14-24(15-20)31(36(3,34)35)19-26(32)30(18-22-12-8-13-23(28)16-22)25(27(33)29-2)17-21-10-5-4-6-11-21/h4-16,25H,17-19H2,1-3H3,(H,29,33)/t25-/m1/s1. The summed E-state index contributed by atoms with van der Waals surface area (Å²) in [6.07, 6.45) is 1.32. The maximum atomic E-state index is 13.8. The number of benzene rings is 3. The van der Waals surface area contributed by atoms with Crippen molar-refractivity contribution in [1.82, 2.24) is 10.2 Å². The van der Waals surface area contributed by atoms with E-state index in [2.05, 4.69) is 5.32 Å². The summed E-state index contributed by atoms with van der Waals surface area (Å²) in [5.74, 6) is -0.859. The number of anilines is 1. The molecule has 36 heavy (non-hydrogen) atoms. The fraction of sp³-hybridized carbons (Fsp3) is 0.259. The van der Waals surface area contributed by atoms with Crippen molar-refractivity contribution >= 4 is 39.1 Å². The van der Waals surface area contributed by atoms with Crippen molar-refractivity contribution in [1.29, 1.82) is 0 Å². The molecule has 1 N–H and O–H groups in total. The average molecular weight is 528 g/mol. The third-order valence-electron chi connectivity index (χ3n) is 5.73. The van der Waals surface area contributed by atoms with Crippen LogP contribution < -0.4 is 9.62 Å². The second-order valence-corrected chi connectivity index (χ2v) is 10.9. The fourth-order valence-corrected chi connectivity index (χ4v) is 5.00. The highest BCUT2D eigenvalue weighted by Crippen LogP contribution is 2.22. The van der Waals surface area contributed by atoms with E-state index in [4.69, 9.17) is 11.6 Å². The number of rotatable bonds is 10. The number of hydrogen-bond acceptors (Lipinski definition) is 4. The summed E-state index contributed by atoms with van der Waals surface area (Å²) < 4.78 is 26.5. The summed E-state index contributed by atoms with van der Waals surface area (Å²) in [7, 11) is -2.28. The molecule has 3 aromatic carbocycles. The number of nitrogens with zero attached hydrogens (tertiary/aromatic N) is 2. The van der Waals surface area contributed by atoms with Crippen LogP contribution in [0.3, 0.4) is 0 Å². The molecule has 3 rings (SSSR count). The maximum absolute atomic E-state index is 13.8. The van der Waals surface area contributed by atoms with Gasteiger partial charge >= 0.3 is 0 Å². The molecule has 7 nitrogen and oxygen atoms in total. The molecule has 0 aliphatic heterocycles. The zero-order valence-corrected chi connectivity index (χ0v) is 22.1. The van der Waals surface area contributed by atoms with Crippen LogP contribution in [-0.2, 0) is 32.6 Å². The molecule has 9 heteroatoms. The molecule has 0 bridgehead atoms. The lowest BCUT2D eigenvalue weighted by molar-refractivity contribution is -0.139. The molecule has 0 spiro atoms. The lowest BCUT2D eigenvalue weighted by Crippen LogP contribution is -2.52. The Hall–Kier alpha value is -3.36. The predicted octanol–water partition coefficient (Wildman–Crippen LogP) is 3.80. The summed E-state index contributed by atoms with van der Waals surface area (Å²) in [5, 5.41) is 3.15. The minimum Gasteiger partial charge on any atom is -0.357 e. The van der Waals surface area contributed by atoms with Gasteiger partial charge in [0.25, 0.3) is 0 Å². The molecule has 0 saturated carbocycles. The molecule has 0 aliphatic rings. The molecule has 0 radical (unpaired) electrons. The van der Waals surface area contributed by atoms with E-state index in [1.807, 2.05) is 49.4 Å². The van der Waals surface area contributed by atoms with E-state index in [1.54, 1.807) is 36.4 Å². The molecule has 0 fully saturated rings. The number of nitrogens with one attached hydrogen (secondary N) is 1. The second kappa shape index (κ2) is 12.1. The first-order chi connectivity index (χ1) is 17.1. The van der Waals surface area contributed by atoms with Crippen molar-refractivity contribution < 1.29 is 18.0 Å². The Morgan fingerprint density at radius 1 is 0.944 bits per heavy atom. The first kappa shape index (κ1) is 27.2. The number of carbonyl (C=O) groups is 2. The minimum atomic E-state index is -3.79. The Labute approximate surface area is 217 Å². The second-order valence-electron chi connectivity index (χ2n) is 8.58. The third-order valence-corrected chi connectivity index (χ3v) is 7.10. The molecule has 190 valence electrons. The average Bonchev–Trinajstić information content (AvgIpc) is 2.84. The van der Waals surface area contributed by atoms with Crippen molar-refractivity contribution in [2.24, 2.45) is 0 Å². The van der Waals surface area contributed by atoms with Crippen molar-refractivity contribution in [2.75, 3.05) is 24.2 Å². The van der Waals surface area contributed by atoms with Gasteiger partial charge in [-0.15, -0.1) is 0 Å². The van der Waals surface area contributed by atoms with Crippen molar-refractivity contribution in [3.05, 3.63) is 101 Å². The Bertz CT molecular complexity index is 1320. The minimum absolute atomic E-state index is 0.0791. The SMILES string of the molecule is CNC(=O)[C@@H](Cc1ccccc1)N(Cc1cccc(Cl)c1)C(=O)CN(c1cccc(C)c1)S(C)(=O)=O. The highest BCUT2D eigenvalue weighted by molar-refractivity contribution is 7.92. The van der Waals surface area contributed by atoms with Gasteiger partial charge in [0.05, 0.1) is 11.9 Å². The van der Waals surface area contributed by atoms with Crippen LogP contribution in [0.2, 0.25) is 5.02 Å².